The third-order valence-electron chi connectivity index (χ3n) is 4.43. The zero-order valence-corrected chi connectivity index (χ0v) is 14.4. The summed E-state index contributed by atoms with van der Waals surface area (Å²) >= 11 is 0. The van der Waals surface area contributed by atoms with Gasteiger partial charge in [-0.15, -0.1) is 0 Å². The molecular weight excluding hydrogens is 325 g/mol. The highest BCUT2D eigenvalue weighted by atomic mass is 19.1. The van der Waals surface area contributed by atoms with E-state index in [-0.39, 0.29) is 24.4 Å². The van der Waals surface area contributed by atoms with E-state index in [4.69, 9.17) is 9.26 Å². The third-order valence-corrected chi connectivity index (χ3v) is 4.43. The monoisotopic (exact) mass is 347 g/mol. The first-order chi connectivity index (χ1) is 12.0. The number of rotatable bonds is 5. The molecule has 1 aliphatic heterocycles. The minimum absolute atomic E-state index is 0.0968. The maximum Gasteiger partial charge on any atom is 0.323 e. The highest BCUT2D eigenvalue weighted by Gasteiger charge is 2.27. The third kappa shape index (κ3) is 4.36. The molecule has 0 radical (unpaired) electrons. The number of halogens is 1. The van der Waals surface area contributed by atoms with Crippen LogP contribution < -0.4 is 4.90 Å². The number of benzene rings is 1. The van der Waals surface area contributed by atoms with Crippen LogP contribution in [-0.2, 0) is 16.1 Å². The minimum Gasteiger partial charge on any atom is -0.456 e. The number of nitrogens with zero attached hydrogens (tertiary/aromatic N) is 3. The molecule has 3 rings (SSSR count). The first-order valence-electron chi connectivity index (χ1n) is 8.36. The Morgan fingerprint density at radius 1 is 1.28 bits per heavy atom. The second-order valence-electron chi connectivity index (χ2n) is 6.22. The van der Waals surface area contributed by atoms with Crippen LogP contribution in [0.2, 0.25) is 0 Å². The van der Waals surface area contributed by atoms with Crippen LogP contribution in [0, 0.1) is 12.7 Å². The molecule has 1 aromatic heterocycles. The van der Waals surface area contributed by atoms with Crippen LogP contribution in [0.15, 0.2) is 34.9 Å². The maximum absolute atomic E-state index is 13.0. The predicted molar refractivity (Wildman–Crippen MR) is 90.7 cm³/mol. The Balaban J connectivity index is 1.48. The van der Waals surface area contributed by atoms with Crippen LogP contribution in [0.1, 0.15) is 18.4 Å². The zero-order chi connectivity index (χ0) is 17.8. The summed E-state index contributed by atoms with van der Waals surface area (Å²) in [4.78, 5) is 16.5. The molecule has 2 heterocycles. The van der Waals surface area contributed by atoms with Crippen LogP contribution in [0.4, 0.5) is 10.1 Å². The lowest BCUT2D eigenvalue weighted by atomic mass is 10.2. The smallest absolute Gasteiger partial charge is 0.323 e. The molecule has 0 N–H and O–H groups in total. The number of carbonyl (C=O) groups excluding carboxylic acids is 1. The Morgan fingerprint density at radius 3 is 2.56 bits per heavy atom. The van der Waals surface area contributed by atoms with Crippen molar-refractivity contribution in [2.75, 3.05) is 31.1 Å². The molecule has 1 atom stereocenters. The Hall–Kier alpha value is -2.41. The fraction of sp³-hybridized carbons (Fsp3) is 0.444. The van der Waals surface area contributed by atoms with Crippen LogP contribution in [0.3, 0.4) is 0 Å². The molecule has 0 amide bonds. The number of hydrogen-bond donors (Lipinski definition) is 0. The summed E-state index contributed by atoms with van der Waals surface area (Å²) in [5, 5.41) is 3.77. The second kappa shape index (κ2) is 7.65. The SMILES string of the molecule is Cc1cc(COC(=O)[C@H](C)N2CCN(c3ccc(F)cc3)CC2)on1. The number of anilines is 1. The van der Waals surface area contributed by atoms with Gasteiger partial charge in [-0.05, 0) is 38.1 Å². The zero-order valence-electron chi connectivity index (χ0n) is 14.4. The number of hydrogen-bond acceptors (Lipinski definition) is 6. The summed E-state index contributed by atoms with van der Waals surface area (Å²) in [5.41, 5.74) is 1.76. The Morgan fingerprint density at radius 2 is 1.96 bits per heavy atom. The second-order valence-corrected chi connectivity index (χ2v) is 6.22. The average molecular weight is 347 g/mol. The van der Waals surface area contributed by atoms with E-state index in [0.29, 0.717) is 5.76 Å². The first kappa shape index (κ1) is 17.4. The molecule has 0 aliphatic carbocycles. The van der Waals surface area contributed by atoms with Crippen molar-refractivity contribution in [1.82, 2.24) is 10.1 Å². The van der Waals surface area contributed by atoms with E-state index in [0.717, 1.165) is 37.6 Å². The van der Waals surface area contributed by atoms with Crippen molar-refractivity contribution in [3.63, 3.8) is 0 Å². The number of carbonyl (C=O) groups is 1. The lowest BCUT2D eigenvalue weighted by Gasteiger charge is -2.38. The molecule has 6 nitrogen and oxygen atoms in total. The van der Waals surface area contributed by atoms with Gasteiger partial charge in [0.05, 0.1) is 5.69 Å². The average Bonchev–Trinajstić information content (AvgIpc) is 3.05. The molecule has 7 heteroatoms. The number of aryl methyl sites for hydroxylation is 1. The van der Waals surface area contributed by atoms with E-state index >= 15 is 0 Å². The predicted octanol–water partition coefficient (Wildman–Crippen LogP) is 2.38. The van der Waals surface area contributed by atoms with E-state index < -0.39 is 0 Å². The number of piperazine rings is 1. The van der Waals surface area contributed by atoms with Gasteiger partial charge in [-0.2, -0.15) is 0 Å². The van der Waals surface area contributed by atoms with Crippen LogP contribution in [-0.4, -0.2) is 48.2 Å². The molecule has 2 aromatic rings. The summed E-state index contributed by atoms with van der Waals surface area (Å²) in [5.74, 6) is 0.0316. The molecule has 0 spiro atoms. The van der Waals surface area contributed by atoms with Crippen molar-refractivity contribution in [2.24, 2.45) is 0 Å². The van der Waals surface area contributed by atoms with Crippen molar-refractivity contribution in [1.29, 1.82) is 0 Å². The van der Waals surface area contributed by atoms with E-state index in [2.05, 4.69) is 15.0 Å². The fourth-order valence-electron chi connectivity index (χ4n) is 2.92. The minimum atomic E-state index is -0.320. The van der Waals surface area contributed by atoms with E-state index in [1.165, 1.54) is 12.1 Å². The quantitative estimate of drug-likeness (QED) is 0.774. The molecule has 1 fully saturated rings. The van der Waals surface area contributed by atoms with Gasteiger partial charge >= 0.3 is 5.97 Å². The first-order valence-corrected chi connectivity index (χ1v) is 8.36. The van der Waals surface area contributed by atoms with Crippen molar-refractivity contribution >= 4 is 11.7 Å². The van der Waals surface area contributed by atoms with Crippen molar-refractivity contribution in [3.8, 4) is 0 Å². The molecule has 1 aromatic carbocycles. The van der Waals surface area contributed by atoms with Gasteiger partial charge in [-0.3, -0.25) is 9.69 Å². The van der Waals surface area contributed by atoms with Crippen LogP contribution in [0.25, 0.3) is 0 Å². The van der Waals surface area contributed by atoms with E-state index in [1.54, 1.807) is 18.2 Å². The number of esters is 1. The van der Waals surface area contributed by atoms with E-state index in [1.807, 2.05) is 13.8 Å². The van der Waals surface area contributed by atoms with Crippen molar-refractivity contribution in [3.05, 3.63) is 47.6 Å². The van der Waals surface area contributed by atoms with Crippen molar-refractivity contribution in [2.45, 2.75) is 26.5 Å². The fourth-order valence-corrected chi connectivity index (χ4v) is 2.92. The van der Waals surface area contributed by atoms with Crippen LogP contribution >= 0.6 is 0 Å². The van der Waals surface area contributed by atoms with Gasteiger partial charge in [0.15, 0.2) is 12.4 Å². The summed E-state index contributed by atoms with van der Waals surface area (Å²) < 4.78 is 23.4. The molecule has 0 unspecified atom stereocenters. The summed E-state index contributed by atoms with van der Waals surface area (Å²) in [6, 6.07) is 7.92. The maximum atomic E-state index is 13.0. The summed E-state index contributed by atoms with van der Waals surface area (Å²) in [7, 11) is 0. The molecule has 1 aliphatic rings. The number of aromatic nitrogens is 1. The topological polar surface area (TPSA) is 58.8 Å². The van der Waals surface area contributed by atoms with Gasteiger partial charge in [0.25, 0.3) is 0 Å². The highest BCUT2D eigenvalue weighted by molar-refractivity contribution is 5.75. The Labute approximate surface area is 146 Å². The molecular formula is C18H22FN3O3. The molecule has 0 saturated carbocycles. The van der Waals surface area contributed by atoms with Crippen molar-refractivity contribution < 1.29 is 18.4 Å². The summed E-state index contributed by atoms with van der Waals surface area (Å²) in [6.45, 7) is 6.82. The van der Waals surface area contributed by atoms with Gasteiger partial charge in [-0.1, -0.05) is 5.16 Å². The number of ether oxygens (including phenoxy) is 1. The standard InChI is InChI=1S/C18H22FN3O3/c1-13-11-17(25-20-13)12-24-18(23)14(2)21-7-9-22(10-8-21)16-5-3-15(19)4-6-16/h3-6,11,14H,7-10,12H2,1-2H3/t14-/m0/s1. The van der Waals surface area contributed by atoms with Gasteiger partial charge < -0.3 is 14.2 Å². The largest absolute Gasteiger partial charge is 0.456 e. The lowest BCUT2D eigenvalue weighted by molar-refractivity contribution is -0.151. The molecule has 25 heavy (non-hydrogen) atoms. The van der Waals surface area contributed by atoms with E-state index in [9.17, 15) is 9.18 Å². The normalized spacial score (nSPS) is 16.7. The van der Waals surface area contributed by atoms with Gasteiger partial charge in [-0.25, -0.2) is 4.39 Å². The molecule has 1 saturated heterocycles. The molecule has 0 bridgehead atoms. The lowest BCUT2D eigenvalue weighted by Crippen LogP contribution is -2.52. The molecule has 134 valence electrons. The van der Waals surface area contributed by atoms with Crippen LogP contribution in [0.5, 0.6) is 0 Å². The summed E-state index contributed by atoms with van der Waals surface area (Å²) in [6.07, 6.45) is 0. The Kier molecular flexibility index (Phi) is 5.33. The van der Waals surface area contributed by atoms with Gasteiger partial charge in [0.1, 0.15) is 11.9 Å². The van der Waals surface area contributed by atoms with Gasteiger partial charge in [0, 0.05) is 37.9 Å². The highest BCUT2D eigenvalue weighted by Crippen LogP contribution is 2.18. The Bertz CT molecular complexity index is 709. The van der Waals surface area contributed by atoms with Gasteiger partial charge in [0.2, 0.25) is 0 Å².